The van der Waals surface area contributed by atoms with Crippen LogP contribution in [0.4, 0.5) is 0 Å². The van der Waals surface area contributed by atoms with Gasteiger partial charge in [-0.25, -0.2) is 0 Å². The van der Waals surface area contributed by atoms with E-state index in [1.54, 1.807) is 0 Å². The van der Waals surface area contributed by atoms with Crippen LogP contribution in [0.25, 0.3) is 0 Å². The molecule has 1 radical (unpaired) electrons. The smallest absolute Gasteiger partial charge is 0.264 e. The molecule has 2 N–H and O–H groups in total. The van der Waals surface area contributed by atoms with Gasteiger partial charge < -0.3 is 5.32 Å². The van der Waals surface area contributed by atoms with Gasteiger partial charge in [-0.3, -0.25) is 4.55 Å². The van der Waals surface area contributed by atoms with Gasteiger partial charge in [-0.2, -0.15) is 8.42 Å². The monoisotopic (exact) mass is 268 g/mol. The fraction of sp³-hybridized carbons (Fsp3) is 0.800. The Morgan fingerprint density at radius 2 is 2.15 bits per heavy atom. The first-order chi connectivity index (χ1) is 5.45. The summed E-state index contributed by atoms with van der Waals surface area (Å²) in [6.45, 7) is 0.472. The van der Waals surface area contributed by atoms with Gasteiger partial charge in [-0.1, -0.05) is 12.2 Å². The molecule has 0 rings (SSSR count). The second-order valence-electron chi connectivity index (χ2n) is 2.06. The molecule has 13 heavy (non-hydrogen) atoms. The molecule has 0 atom stereocenters. The molecule has 8 heteroatoms. The molecule has 0 aliphatic rings. The maximum atomic E-state index is 10.2. The van der Waals surface area contributed by atoms with Gasteiger partial charge >= 0.3 is 0 Å². The summed E-state index contributed by atoms with van der Waals surface area (Å²) in [6, 6.07) is 0. The van der Waals surface area contributed by atoms with Crippen LogP contribution in [0.3, 0.4) is 0 Å². The molecule has 0 heterocycles. The third-order valence-corrected chi connectivity index (χ3v) is 3.00. The van der Waals surface area contributed by atoms with Gasteiger partial charge in [0.1, 0.15) is 4.32 Å². The van der Waals surface area contributed by atoms with Crippen molar-refractivity contribution in [1.82, 2.24) is 5.32 Å². The molecule has 0 unspecified atom stereocenters. The molecule has 0 aliphatic carbocycles. The SMILES string of the molecule is CSC(=S)NCCCS(=O)(=O)O.[K]. The molecule has 73 valence electrons. The van der Waals surface area contributed by atoms with Crippen LogP contribution >= 0.6 is 24.0 Å². The average molecular weight is 268 g/mol. The van der Waals surface area contributed by atoms with Crippen molar-refractivity contribution in [2.24, 2.45) is 0 Å². The quantitative estimate of drug-likeness (QED) is 0.327. The number of hydrogen-bond donors (Lipinski definition) is 2. The number of thiocarbonyl (C=S) groups is 1. The molecule has 0 fully saturated rings. The van der Waals surface area contributed by atoms with Gasteiger partial charge in [0.25, 0.3) is 10.1 Å². The summed E-state index contributed by atoms with van der Waals surface area (Å²) in [5.74, 6) is -0.225. The van der Waals surface area contributed by atoms with Crippen molar-refractivity contribution in [2.75, 3.05) is 18.6 Å². The molecule has 0 amide bonds. The predicted molar refractivity (Wildman–Crippen MR) is 60.9 cm³/mol. The Balaban J connectivity index is 0. The van der Waals surface area contributed by atoms with E-state index < -0.39 is 10.1 Å². The molecule has 0 aromatic heterocycles. The summed E-state index contributed by atoms with van der Waals surface area (Å²) in [5.41, 5.74) is 0. The third-order valence-electron chi connectivity index (χ3n) is 1.03. The first kappa shape index (κ1) is 17.2. The molecular weight excluding hydrogens is 257 g/mol. The van der Waals surface area contributed by atoms with Crippen molar-refractivity contribution in [1.29, 1.82) is 0 Å². The summed E-state index contributed by atoms with van der Waals surface area (Å²) >= 11 is 6.19. The van der Waals surface area contributed by atoms with Gasteiger partial charge in [-0.05, 0) is 12.7 Å². The Hall–Kier alpha value is 1.79. The van der Waals surface area contributed by atoms with Gasteiger partial charge in [-0.15, -0.1) is 11.8 Å². The molecule has 0 aromatic carbocycles. The summed E-state index contributed by atoms with van der Waals surface area (Å²) in [4.78, 5) is 0. The average Bonchev–Trinajstić information content (AvgIpc) is 1.96. The Bertz CT molecular complexity index is 241. The van der Waals surface area contributed by atoms with Gasteiger partial charge in [0.05, 0.1) is 5.75 Å². The van der Waals surface area contributed by atoms with E-state index in [9.17, 15) is 8.42 Å². The largest absolute Gasteiger partial charge is 0.371 e. The van der Waals surface area contributed by atoms with Crippen molar-refractivity contribution >= 4 is 89.8 Å². The summed E-state index contributed by atoms with van der Waals surface area (Å²) < 4.78 is 29.4. The summed E-state index contributed by atoms with van der Waals surface area (Å²) in [7, 11) is -3.82. The molecule has 0 aliphatic heterocycles. The van der Waals surface area contributed by atoms with Crippen molar-refractivity contribution in [3.8, 4) is 0 Å². The topological polar surface area (TPSA) is 66.4 Å². The Kier molecular flexibility index (Phi) is 12.0. The van der Waals surface area contributed by atoms with E-state index in [1.165, 1.54) is 11.8 Å². The number of rotatable bonds is 4. The molecule has 0 spiro atoms. The van der Waals surface area contributed by atoms with Crippen LogP contribution in [0.15, 0.2) is 0 Å². The number of nitrogens with one attached hydrogen (secondary N) is 1. The zero-order chi connectivity index (χ0) is 9.61. The molecule has 0 saturated carbocycles. The molecule has 0 saturated heterocycles. The standard InChI is InChI=1S/C5H11NO3S3.K/c1-11-5(10)6-3-2-4-12(7,8)9;/h2-4H2,1H3,(H,6,10)(H,7,8,9);. The molecule has 0 aromatic rings. The fourth-order valence-corrected chi connectivity index (χ4v) is 1.37. The van der Waals surface area contributed by atoms with Crippen molar-refractivity contribution in [3.63, 3.8) is 0 Å². The van der Waals surface area contributed by atoms with Crippen molar-refractivity contribution in [2.45, 2.75) is 6.42 Å². The van der Waals surface area contributed by atoms with Crippen LogP contribution in [0.1, 0.15) is 6.42 Å². The normalized spacial score (nSPS) is 10.3. The van der Waals surface area contributed by atoms with E-state index in [1.807, 2.05) is 6.26 Å². The van der Waals surface area contributed by atoms with E-state index in [4.69, 9.17) is 16.8 Å². The van der Waals surface area contributed by atoms with Gasteiger partial charge in [0.15, 0.2) is 0 Å². The minimum Gasteiger partial charge on any atom is -0.371 e. The third kappa shape index (κ3) is 13.8. The van der Waals surface area contributed by atoms with Crippen molar-refractivity contribution < 1.29 is 13.0 Å². The second kappa shape index (κ2) is 9.04. The first-order valence-electron chi connectivity index (χ1n) is 3.22. The number of hydrogen-bond acceptors (Lipinski definition) is 4. The zero-order valence-electron chi connectivity index (χ0n) is 7.61. The van der Waals surface area contributed by atoms with E-state index in [0.29, 0.717) is 17.3 Å². The Morgan fingerprint density at radius 1 is 1.62 bits per heavy atom. The van der Waals surface area contributed by atoms with Crippen LogP contribution in [-0.4, -0.2) is 87.2 Å². The minimum absolute atomic E-state index is 0. The molecule has 0 bridgehead atoms. The second-order valence-corrected chi connectivity index (χ2v) is 5.11. The summed E-state index contributed by atoms with van der Waals surface area (Å²) in [6.07, 6.45) is 2.19. The van der Waals surface area contributed by atoms with E-state index in [-0.39, 0.29) is 57.1 Å². The van der Waals surface area contributed by atoms with E-state index in [2.05, 4.69) is 5.32 Å². The van der Waals surface area contributed by atoms with E-state index >= 15 is 0 Å². The maximum absolute atomic E-state index is 10.2. The minimum atomic E-state index is -3.82. The molecule has 4 nitrogen and oxygen atoms in total. The Labute approximate surface area is 131 Å². The van der Waals surface area contributed by atoms with Crippen molar-refractivity contribution in [3.05, 3.63) is 0 Å². The van der Waals surface area contributed by atoms with Gasteiger partial charge in [0.2, 0.25) is 0 Å². The predicted octanol–water partition coefficient (Wildman–Crippen LogP) is 0.121. The summed E-state index contributed by atoms with van der Waals surface area (Å²) in [5, 5.41) is 2.82. The van der Waals surface area contributed by atoms with Crippen LogP contribution in [0, 0.1) is 0 Å². The first-order valence-corrected chi connectivity index (χ1v) is 6.47. The zero-order valence-corrected chi connectivity index (χ0v) is 13.2. The Morgan fingerprint density at radius 3 is 2.54 bits per heavy atom. The number of thioether (sulfide) groups is 1. The van der Waals surface area contributed by atoms with Crippen LogP contribution < -0.4 is 5.32 Å². The van der Waals surface area contributed by atoms with Crippen LogP contribution in [0.2, 0.25) is 0 Å². The fourth-order valence-electron chi connectivity index (χ4n) is 0.517. The van der Waals surface area contributed by atoms with Gasteiger partial charge in [0, 0.05) is 57.9 Å². The van der Waals surface area contributed by atoms with E-state index in [0.717, 1.165) is 0 Å². The molecular formula is C5H11KNO3S3. The van der Waals surface area contributed by atoms with Crippen LogP contribution in [-0.2, 0) is 10.1 Å². The van der Waals surface area contributed by atoms with Crippen LogP contribution in [0.5, 0.6) is 0 Å². The maximum Gasteiger partial charge on any atom is 0.264 e.